The van der Waals surface area contributed by atoms with E-state index in [1.807, 2.05) is 26.8 Å². The van der Waals surface area contributed by atoms with Gasteiger partial charge in [0.1, 0.15) is 5.60 Å². The van der Waals surface area contributed by atoms with Gasteiger partial charge in [0.05, 0.1) is 19.2 Å². The van der Waals surface area contributed by atoms with Gasteiger partial charge in [-0.3, -0.25) is 9.59 Å². The van der Waals surface area contributed by atoms with Crippen molar-refractivity contribution >= 4 is 22.6 Å². The lowest BCUT2D eigenvalue weighted by molar-refractivity contribution is 0.00694. The molecule has 4 rings (SSSR count). The van der Waals surface area contributed by atoms with Gasteiger partial charge in [-0.1, -0.05) is 18.2 Å². The van der Waals surface area contributed by atoms with E-state index in [9.17, 15) is 14.4 Å². The molecule has 0 spiro atoms. The van der Waals surface area contributed by atoms with Gasteiger partial charge in [0.15, 0.2) is 0 Å². The summed E-state index contributed by atoms with van der Waals surface area (Å²) in [6.45, 7) is 6.08. The summed E-state index contributed by atoms with van der Waals surface area (Å²) in [7, 11) is 1.53. The summed E-state index contributed by atoms with van der Waals surface area (Å²) in [5.41, 5.74) is 1.77. The molecule has 0 bridgehead atoms. The van der Waals surface area contributed by atoms with Gasteiger partial charge >= 0.3 is 5.97 Å². The highest BCUT2D eigenvalue weighted by Crippen LogP contribution is 2.16. The van der Waals surface area contributed by atoms with E-state index in [4.69, 9.17) is 9.47 Å². The van der Waals surface area contributed by atoms with Crippen LogP contribution in [0.15, 0.2) is 77.9 Å². The molecule has 0 radical (unpaired) electrons. The molecule has 4 aromatic rings. The lowest BCUT2D eigenvalue weighted by atomic mass is 10.1. The molecule has 0 saturated carbocycles. The van der Waals surface area contributed by atoms with Crippen LogP contribution in [-0.4, -0.2) is 34.1 Å². The molecule has 0 aliphatic carbocycles. The van der Waals surface area contributed by atoms with Crippen LogP contribution in [-0.2, 0) is 17.8 Å². The standard InChI is InChI=1S/C29H29N3O5/c1-29(2,3)37-28(35)22-7-5-19(6-8-22)18-32-14-12-21-9-10-23(16-24(21)27(32)34)26(33)31-17-20-11-13-30-25(15-20)36-4/h5-16H,17-18H2,1-4H3,(H,31,33). The van der Waals surface area contributed by atoms with Gasteiger partial charge < -0.3 is 19.4 Å². The van der Waals surface area contributed by atoms with E-state index in [0.29, 0.717) is 35.5 Å². The molecular formula is C29H29N3O5. The highest BCUT2D eigenvalue weighted by Gasteiger charge is 2.17. The number of hydrogen-bond acceptors (Lipinski definition) is 6. The normalized spacial score (nSPS) is 11.2. The van der Waals surface area contributed by atoms with Crippen LogP contribution >= 0.6 is 0 Å². The minimum atomic E-state index is -0.573. The molecular weight excluding hydrogens is 470 g/mol. The van der Waals surface area contributed by atoms with Crippen LogP contribution < -0.4 is 15.6 Å². The van der Waals surface area contributed by atoms with Crippen LogP contribution in [0, 0.1) is 0 Å². The second-order valence-corrected chi connectivity index (χ2v) is 9.64. The zero-order valence-corrected chi connectivity index (χ0v) is 21.3. The number of fused-ring (bicyclic) bond motifs is 1. The number of rotatable bonds is 7. The fourth-order valence-corrected chi connectivity index (χ4v) is 3.78. The number of carbonyl (C=O) groups excluding carboxylic acids is 2. The fraction of sp³-hybridized carbons (Fsp3) is 0.241. The van der Waals surface area contributed by atoms with E-state index in [1.165, 1.54) is 7.11 Å². The van der Waals surface area contributed by atoms with Crippen molar-refractivity contribution in [2.24, 2.45) is 0 Å². The Balaban J connectivity index is 1.50. The quantitative estimate of drug-likeness (QED) is 0.380. The highest BCUT2D eigenvalue weighted by molar-refractivity contribution is 5.98. The van der Waals surface area contributed by atoms with Crippen molar-refractivity contribution in [1.82, 2.24) is 14.9 Å². The third kappa shape index (κ3) is 6.41. The first-order valence-corrected chi connectivity index (χ1v) is 11.9. The molecule has 37 heavy (non-hydrogen) atoms. The van der Waals surface area contributed by atoms with Crippen molar-refractivity contribution in [2.75, 3.05) is 7.11 Å². The Morgan fingerprint density at radius 3 is 2.38 bits per heavy atom. The SMILES string of the molecule is COc1cc(CNC(=O)c2ccc3ccn(Cc4ccc(C(=O)OC(C)(C)C)cc4)c(=O)c3c2)ccn1. The zero-order valence-electron chi connectivity index (χ0n) is 21.3. The summed E-state index contributed by atoms with van der Waals surface area (Å²) < 4.78 is 12.1. The first-order valence-electron chi connectivity index (χ1n) is 11.9. The molecule has 190 valence electrons. The van der Waals surface area contributed by atoms with Gasteiger partial charge in [-0.25, -0.2) is 9.78 Å². The number of hydrogen-bond donors (Lipinski definition) is 1. The highest BCUT2D eigenvalue weighted by atomic mass is 16.6. The van der Waals surface area contributed by atoms with Crippen LogP contribution in [0.3, 0.4) is 0 Å². The topological polar surface area (TPSA) is 99.5 Å². The smallest absolute Gasteiger partial charge is 0.338 e. The van der Waals surface area contributed by atoms with Gasteiger partial charge in [0, 0.05) is 36.0 Å². The molecule has 8 nitrogen and oxygen atoms in total. The van der Waals surface area contributed by atoms with E-state index in [-0.39, 0.29) is 11.5 Å². The summed E-state index contributed by atoms with van der Waals surface area (Å²) >= 11 is 0. The van der Waals surface area contributed by atoms with Crippen molar-refractivity contribution in [1.29, 1.82) is 0 Å². The maximum atomic E-state index is 13.2. The Labute approximate surface area is 214 Å². The van der Waals surface area contributed by atoms with E-state index < -0.39 is 11.6 Å². The van der Waals surface area contributed by atoms with Crippen molar-refractivity contribution in [3.8, 4) is 5.88 Å². The minimum absolute atomic E-state index is 0.206. The number of methoxy groups -OCH3 is 1. The first-order chi connectivity index (χ1) is 17.6. The predicted molar refractivity (Wildman–Crippen MR) is 141 cm³/mol. The van der Waals surface area contributed by atoms with E-state index in [1.54, 1.807) is 71.6 Å². The number of esters is 1. The molecule has 2 aromatic carbocycles. The zero-order chi connectivity index (χ0) is 26.6. The molecule has 0 atom stereocenters. The molecule has 1 amide bonds. The van der Waals surface area contributed by atoms with Crippen LogP contribution in [0.5, 0.6) is 5.88 Å². The Kier molecular flexibility index (Phi) is 7.38. The fourth-order valence-electron chi connectivity index (χ4n) is 3.78. The number of carbonyl (C=O) groups is 2. The number of benzene rings is 2. The summed E-state index contributed by atoms with van der Waals surface area (Å²) in [6.07, 6.45) is 3.34. The average molecular weight is 500 g/mol. The second-order valence-electron chi connectivity index (χ2n) is 9.64. The van der Waals surface area contributed by atoms with Crippen molar-refractivity contribution < 1.29 is 19.1 Å². The maximum absolute atomic E-state index is 13.2. The first kappa shape index (κ1) is 25.6. The van der Waals surface area contributed by atoms with Crippen LogP contribution in [0.2, 0.25) is 0 Å². The molecule has 0 aliphatic rings. The van der Waals surface area contributed by atoms with Crippen molar-refractivity contribution in [3.63, 3.8) is 0 Å². The summed E-state index contributed by atoms with van der Waals surface area (Å²) in [5.74, 6) is -0.210. The number of aromatic nitrogens is 2. The number of amides is 1. The van der Waals surface area contributed by atoms with E-state index in [2.05, 4.69) is 10.3 Å². The Morgan fingerprint density at radius 1 is 0.946 bits per heavy atom. The summed E-state index contributed by atoms with van der Waals surface area (Å²) in [6, 6.07) is 17.4. The lowest BCUT2D eigenvalue weighted by Crippen LogP contribution is -2.24. The molecule has 0 unspecified atom stereocenters. The van der Waals surface area contributed by atoms with Crippen LogP contribution in [0.4, 0.5) is 0 Å². The monoisotopic (exact) mass is 499 g/mol. The van der Waals surface area contributed by atoms with Crippen LogP contribution in [0.25, 0.3) is 10.8 Å². The predicted octanol–water partition coefficient (Wildman–Crippen LogP) is 4.34. The Morgan fingerprint density at radius 2 is 1.68 bits per heavy atom. The molecule has 2 heterocycles. The average Bonchev–Trinajstić information content (AvgIpc) is 2.88. The molecule has 0 saturated heterocycles. The Bertz CT molecular complexity index is 1500. The van der Waals surface area contributed by atoms with Gasteiger partial charge in [-0.05, 0) is 73.7 Å². The summed E-state index contributed by atoms with van der Waals surface area (Å²) in [4.78, 5) is 42.3. The third-order valence-electron chi connectivity index (χ3n) is 5.64. The van der Waals surface area contributed by atoms with Crippen LogP contribution in [0.1, 0.15) is 52.6 Å². The molecule has 0 fully saturated rings. The number of ether oxygens (including phenoxy) is 2. The molecule has 2 aromatic heterocycles. The lowest BCUT2D eigenvalue weighted by Gasteiger charge is -2.19. The molecule has 1 N–H and O–H groups in total. The Hall–Kier alpha value is -4.46. The van der Waals surface area contributed by atoms with Crippen molar-refractivity contribution in [3.05, 3.63) is 106 Å². The molecule has 0 aliphatic heterocycles. The summed E-state index contributed by atoms with van der Waals surface area (Å²) in [5, 5.41) is 4.06. The van der Waals surface area contributed by atoms with Gasteiger partial charge in [0.2, 0.25) is 5.88 Å². The third-order valence-corrected chi connectivity index (χ3v) is 5.64. The minimum Gasteiger partial charge on any atom is -0.481 e. The number of nitrogens with zero attached hydrogens (tertiary/aromatic N) is 2. The molecule has 8 heteroatoms. The van der Waals surface area contributed by atoms with Crippen molar-refractivity contribution in [2.45, 2.75) is 39.5 Å². The largest absolute Gasteiger partial charge is 0.481 e. The number of nitrogens with one attached hydrogen (secondary N) is 1. The van der Waals surface area contributed by atoms with E-state index >= 15 is 0 Å². The van der Waals surface area contributed by atoms with E-state index in [0.717, 1.165) is 16.5 Å². The maximum Gasteiger partial charge on any atom is 0.338 e. The van der Waals surface area contributed by atoms with Gasteiger partial charge in [-0.15, -0.1) is 0 Å². The second kappa shape index (κ2) is 10.7. The van der Waals surface area contributed by atoms with Gasteiger partial charge in [-0.2, -0.15) is 0 Å². The number of pyridine rings is 2. The van der Waals surface area contributed by atoms with Gasteiger partial charge in [0.25, 0.3) is 11.5 Å².